The molecule has 4 aromatic rings. The summed E-state index contributed by atoms with van der Waals surface area (Å²) in [5.41, 5.74) is 3.97. The van der Waals surface area contributed by atoms with Gasteiger partial charge in [0.25, 0.3) is 5.91 Å². The van der Waals surface area contributed by atoms with Crippen LogP contribution < -0.4 is 14.4 Å². The minimum atomic E-state index is -0.349. The van der Waals surface area contributed by atoms with Gasteiger partial charge in [-0.05, 0) is 43.2 Å². The molecule has 0 bridgehead atoms. The van der Waals surface area contributed by atoms with Crippen LogP contribution in [-0.2, 0) is 6.54 Å². The molecule has 31 heavy (non-hydrogen) atoms. The van der Waals surface area contributed by atoms with E-state index in [1.807, 2.05) is 38.1 Å². The first-order chi connectivity index (χ1) is 15.0. The largest absolute Gasteiger partial charge is 0.481 e. The molecule has 3 aromatic heterocycles. The van der Waals surface area contributed by atoms with E-state index >= 15 is 0 Å². The molecule has 3 heterocycles. The third kappa shape index (κ3) is 4.31. The highest BCUT2D eigenvalue weighted by Gasteiger charge is 2.25. The number of hydrogen-bond acceptors (Lipinski definition) is 8. The molecule has 0 atom stereocenters. The second-order valence-electron chi connectivity index (χ2n) is 6.92. The Labute approximate surface area is 183 Å². The molecule has 0 aliphatic heterocycles. The molecule has 8 nitrogen and oxygen atoms in total. The van der Waals surface area contributed by atoms with Gasteiger partial charge in [-0.3, -0.25) is 14.7 Å². The maximum Gasteiger partial charge on any atom is 0.320 e. The number of rotatable bonds is 6. The van der Waals surface area contributed by atoms with Crippen LogP contribution in [0.1, 0.15) is 27.3 Å². The van der Waals surface area contributed by atoms with Gasteiger partial charge in [-0.2, -0.15) is 9.97 Å². The summed E-state index contributed by atoms with van der Waals surface area (Å²) < 4.78 is 11.4. The van der Waals surface area contributed by atoms with E-state index in [0.717, 1.165) is 27.0 Å². The molecule has 158 valence electrons. The molecule has 1 aromatic carbocycles. The molecule has 0 fully saturated rings. The van der Waals surface area contributed by atoms with Gasteiger partial charge in [-0.25, -0.2) is 4.98 Å². The SMILES string of the molecule is COc1cc(C(=O)N(Cc2ccccn2)c2nc3cc(C)cc(C)c3s2)nc(OC)n1. The second-order valence-corrected chi connectivity index (χ2v) is 7.90. The monoisotopic (exact) mass is 435 g/mol. The number of fused-ring (bicyclic) bond motifs is 1. The van der Waals surface area contributed by atoms with Crippen molar-refractivity contribution in [2.24, 2.45) is 0 Å². The molecule has 0 N–H and O–H groups in total. The second kappa shape index (κ2) is 8.65. The Morgan fingerprint density at radius 3 is 2.61 bits per heavy atom. The zero-order valence-electron chi connectivity index (χ0n) is 17.6. The van der Waals surface area contributed by atoms with Crippen molar-refractivity contribution in [2.45, 2.75) is 20.4 Å². The Balaban J connectivity index is 1.82. The van der Waals surface area contributed by atoms with Crippen LogP contribution in [0.3, 0.4) is 0 Å². The van der Waals surface area contributed by atoms with E-state index in [-0.39, 0.29) is 30.0 Å². The summed E-state index contributed by atoms with van der Waals surface area (Å²) >= 11 is 1.46. The van der Waals surface area contributed by atoms with E-state index in [0.29, 0.717) is 5.13 Å². The standard InChI is InChI=1S/C22H21N5O3S/c1-13-9-14(2)19-16(10-13)25-22(31-19)27(12-15-7-5-6-8-23-15)20(28)17-11-18(29-3)26-21(24-17)30-4/h5-11H,12H2,1-4H3. The van der Waals surface area contributed by atoms with Gasteiger partial charge in [0.2, 0.25) is 5.88 Å². The Hall–Kier alpha value is -3.59. The minimum absolute atomic E-state index is 0.0521. The maximum absolute atomic E-state index is 13.6. The number of aromatic nitrogens is 4. The number of thiazole rings is 1. The summed E-state index contributed by atoms with van der Waals surface area (Å²) in [5, 5.41) is 0.566. The van der Waals surface area contributed by atoms with Crippen molar-refractivity contribution in [1.29, 1.82) is 0 Å². The number of methoxy groups -OCH3 is 2. The number of ether oxygens (including phenoxy) is 2. The lowest BCUT2D eigenvalue weighted by atomic mass is 10.1. The minimum Gasteiger partial charge on any atom is -0.481 e. The number of anilines is 1. The third-order valence-corrected chi connectivity index (χ3v) is 5.85. The van der Waals surface area contributed by atoms with Crippen molar-refractivity contribution in [3.63, 3.8) is 0 Å². The van der Waals surface area contributed by atoms with E-state index < -0.39 is 0 Å². The van der Waals surface area contributed by atoms with Crippen molar-refractivity contribution in [2.75, 3.05) is 19.1 Å². The molecule has 0 saturated heterocycles. The van der Waals surface area contributed by atoms with Crippen LogP contribution in [0.15, 0.2) is 42.6 Å². The van der Waals surface area contributed by atoms with Crippen molar-refractivity contribution in [3.05, 3.63) is 65.1 Å². The van der Waals surface area contributed by atoms with Gasteiger partial charge in [0.1, 0.15) is 5.69 Å². The number of hydrogen-bond donors (Lipinski definition) is 0. The van der Waals surface area contributed by atoms with Crippen LogP contribution >= 0.6 is 11.3 Å². The first kappa shape index (κ1) is 20.7. The number of carbonyl (C=O) groups excluding carboxylic acids is 1. The number of nitrogens with zero attached hydrogens (tertiary/aromatic N) is 5. The maximum atomic E-state index is 13.6. The van der Waals surface area contributed by atoms with Crippen molar-refractivity contribution in [1.82, 2.24) is 19.9 Å². The van der Waals surface area contributed by atoms with E-state index in [1.165, 1.54) is 31.6 Å². The number of amides is 1. The molecule has 0 aliphatic carbocycles. The Kier molecular flexibility index (Phi) is 5.77. The van der Waals surface area contributed by atoms with E-state index in [4.69, 9.17) is 14.5 Å². The fourth-order valence-corrected chi connectivity index (χ4v) is 4.22. The van der Waals surface area contributed by atoms with Crippen molar-refractivity contribution in [3.8, 4) is 11.9 Å². The fourth-order valence-electron chi connectivity index (χ4n) is 3.21. The zero-order chi connectivity index (χ0) is 22.0. The van der Waals surface area contributed by atoms with Gasteiger partial charge >= 0.3 is 6.01 Å². The summed E-state index contributed by atoms with van der Waals surface area (Å²) in [6, 6.07) is 11.2. The molecule has 9 heteroatoms. The predicted molar refractivity (Wildman–Crippen MR) is 119 cm³/mol. The molecule has 0 unspecified atom stereocenters. The Morgan fingerprint density at radius 1 is 1.06 bits per heavy atom. The average molecular weight is 436 g/mol. The lowest BCUT2D eigenvalue weighted by Gasteiger charge is -2.19. The summed E-state index contributed by atoms with van der Waals surface area (Å²) in [6.07, 6.45) is 1.70. The van der Waals surface area contributed by atoms with Crippen molar-refractivity contribution >= 4 is 32.6 Å². The summed E-state index contributed by atoms with van der Waals surface area (Å²) in [5.74, 6) is -0.109. The van der Waals surface area contributed by atoms with Gasteiger partial charge < -0.3 is 9.47 Å². The van der Waals surface area contributed by atoms with Gasteiger partial charge in [0.05, 0.1) is 36.7 Å². The highest BCUT2D eigenvalue weighted by atomic mass is 32.1. The van der Waals surface area contributed by atoms with Crippen LogP contribution in [-0.4, -0.2) is 40.1 Å². The predicted octanol–water partition coefficient (Wildman–Crippen LogP) is 3.96. The topological polar surface area (TPSA) is 90.3 Å². The van der Waals surface area contributed by atoms with Crippen molar-refractivity contribution < 1.29 is 14.3 Å². The van der Waals surface area contributed by atoms with Gasteiger partial charge in [-0.15, -0.1) is 0 Å². The quantitative estimate of drug-likeness (QED) is 0.453. The first-order valence-corrected chi connectivity index (χ1v) is 10.4. The molecule has 0 radical (unpaired) electrons. The highest BCUT2D eigenvalue weighted by Crippen LogP contribution is 2.33. The lowest BCUT2D eigenvalue weighted by Crippen LogP contribution is -2.31. The summed E-state index contributed by atoms with van der Waals surface area (Å²) in [7, 11) is 2.91. The first-order valence-electron chi connectivity index (χ1n) is 9.55. The van der Waals surface area contributed by atoms with Gasteiger partial charge in [0.15, 0.2) is 5.13 Å². The van der Waals surface area contributed by atoms with E-state index in [2.05, 4.69) is 21.0 Å². The zero-order valence-corrected chi connectivity index (χ0v) is 18.4. The van der Waals surface area contributed by atoms with E-state index in [9.17, 15) is 4.79 Å². The third-order valence-electron chi connectivity index (χ3n) is 4.62. The molecule has 0 aliphatic rings. The number of aryl methyl sites for hydroxylation is 2. The number of pyridine rings is 1. The molecular formula is C22H21N5O3S. The summed E-state index contributed by atoms with van der Waals surface area (Å²) in [6.45, 7) is 4.32. The van der Waals surface area contributed by atoms with Gasteiger partial charge in [-0.1, -0.05) is 23.5 Å². The molecule has 0 spiro atoms. The van der Waals surface area contributed by atoms with E-state index in [1.54, 1.807) is 11.1 Å². The number of carbonyl (C=O) groups is 1. The molecule has 1 amide bonds. The lowest BCUT2D eigenvalue weighted by molar-refractivity contribution is 0.0978. The average Bonchev–Trinajstić information content (AvgIpc) is 3.21. The molecular weight excluding hydrogens is 414 g/mol. The van der Waals surface area contributed by atoms with Crippen LogP contribution in [0, 0.1) is 13.8 Å². The fraction of sp³-hybridized carbons (Fsp3) is 0.227. The molecule has 4 rings (SSSR count). The Morgan fingerprint density at radius 2 is 1.90 bits per heavy atom. The van der Waals surface area contributed by atoms with Crippen LogP contribution in [0.2, 0.25) is 0 Å². The smallest absolute Gasteiger partial charge is 0.320 e. The number of benzene rings is 1. The Bertz CT molecular complexity index is 1220. The van der Waals surface area contributed by atoms with Crippen LogP contribution in [0.5, 0.6) is 11.9 Å². The van der Waals surface area contributed by atoms with Gasteiger partial charge in [0, 0.05) is 12.3 Å². The van der Waals surface area contributed by atoms with Crippen LogP contribution in [0.25, 0.3) is 10.2 Å². The normalized spacial score (nSPS) is 10.8. The van der Waals surface area contributed by atoms with Crippen LogP contribution in [0.4, 0.5) is 5.13 Å². The molecule has 0 saturated carbocycles. The highest BCUT2D eigenvalue weighted by molar-refractivity contribution is 7.22. The summed E-state index contributed by atoms with van der Waals surface area (Å²) in [4.78, 5) is 32.6.